The van der Waals surface area contributed by atoms with Gasteiger partial charge in [-0.25, -0.2) is 4.98 Å². The Bertz CT molecular complexity index is 2120. The van der Waals surface area contributed by atoms with Crippen LogP contribution in [-0.4, -0.2) is 55.6 Å². The van der Waals surface area contributed by atoms with Crippen LogP contribution in [0.1, 0.15) is 49.4 Å². The van der Waals surface area contributed by atoms with Crippen LogP contribution in [0.4, 0.5) is 17.3 Å². The number of nitrogens with two attached hydrogens (primary N) is 2. The van der Waals surface area contributed by atoms with Crippen LogP contribution in [0.3, 0.4) is 0 Å². The zero-order valence-electron chi connectivity index (χ0n) is 27.5. The third-order valence-electron chi connectivity index (χ3n) is 7.66. The van der Waals surface area contributed by atoms with Crippen molar-refractivity contribution in [1.82, 2.24) is 19.3 Å². The number of nitrogens with one attached hydrogen (secondary N) is 2. The number of methoxy groups -OCH3 is 1. The highest BCUT2D eigenvalue weighted by Crippen LogP contribution is 2.36. The van der Waals surface area contributed by atoms with Gasteiger partial charge in [0, 0.05) is 36.8 Å². The van der Waals surface area contributed by atoms with Gasteiger partial charge < -0.3 is 30.8 Å². The van der Waals surface area contributed by atoms with Crippen LogP contribution in [0.5, 0.6) is 11.5 Å². The summed E-state index contributed by atoms with van der Waals surface area (Å²) in [6.45, 7) is 4.54. The molecule has 3 aromatic carbocycles. The van der Waals surface area contributed by atoms with Crippen molar-refractivity contribution >= 4 is 46.1 Å². The Kier molecular flexibility index (Phi) is 10.4. The molecular weight excluding hydrogens is 646 g/mol. The van der Waals surface area contributed by atoms with E-state index in [1.165, 1.54) is 12.1 Å². The maximum atomic E-state index is 13.3. The molecule has 0 atom stereocenters. The topological polar surface area (TPSA) is 225 Å². The van der Waals surface area contributed by atoms with Gasteiger partial charge in [-0.3, -0.25) is 34.5 Å². The van der Waals surface area contributed by atoms with Gasteiger partial charge in [-0.1, -0.05) is 24.3 Å². The fourth-order valence-corrected chi connectivity index (χ4v) is 5.18. The number of rotatable bonds is 15. The second-order valence-electron chi connectivity index (χ2n) is 11.0. The number of imidazole rings is 1. The minimum absolute atomic E-state index is 0.0478. The van der Waals surface area contributed by atoms with Gasteiger partial charge in [0.1, 0.15) is 18.1 Å². The van der Waals surface area contributed by atoms with E-state index in [1.807, 2.05) is 6.92 Å². The molecule has 0 saturated carbocycles. The lowest BCUT2D eigenvalue weighted by Gasteiger charge is -2.14. The van der Waals surface area contributed by atoms with Crippen molar-refractivity contribution in [2.45, 2.75) is 33.5 Å². The first kappa shape index (κ1) is 34.6. The number of allylic oxidation sites excluding steroid dienone is 1. The van der Waals surface area contributed by atoms with E-state index in [9.17, 15) is 24.5 Å². The molecule has 0 aliphatic heterocycles. The summed E-state index contributed by atoms with van der Waals surface area (Å²) >= 11 is 0. The number of nitro benzene ring substituents is 1. The first-order valence-electron chi connectivity index (χ1n) is 15.4. The van der Waals surface area contributed by atoms with Gasteiger partial charge in [0.15, 0.2) is 11.4 Å². The standard InChI is InChI=1S/C34H35N9O7/c1-4-42-28(15-20(2)40-42)33(46)39-34-38-25-16-22(31(35)44)9-12-26(25)41(34)14-6-5-13-37-30-27(43(47)48)17-23(32(36)45)18-29(30)50-19-21-7-10-24(49-3)11-8-21/h5-12,15-18,37H,4,13-14,19H2,1-3H3,(H2,35,44)(H2,36,45)(H,38,39,46)/b6-5+. The number of primary amides is 2. The van der Waals surface area contributed by atoms with Crippen LogP contribution in [0.15, 0.2) is 72.8 Å². The van der Waals surface area contributed by atoms with E-state index in [4.69, 9.17) is 20.9 Å². The number of aryl methyl sites for hydroxylation is 2. The molecule has 50 heavy (non-hydrogen) atoms. The van der Waals surface area contributed by atoms with Crippen molar-refractivity contribution in [1.29, 1.82) is 0 Å². The molecule has 0 saturated heterocycles. The highest BCUT2D eigenvalue weighted by molar-refractivity contribution is 6.03. The summed E-state index contributed by atoms with van der Waals surface area (Å²) in [6.07, 6.45) is 3.50. The van der Waals surface area contributed by atoms with E-state index in [1.54, 1.807) is 77.9 Å². The minimum atomic E-state index is -0.846. The predicted octanol–water partition coefficient (Wildman–Crippen LogP) is 4.18. The number of amides is 3. The van der Waals surface area contributed by atoms with E-state index in [2.05, 4.69) is 20.7 Å². The Morgan fingerprint density at radius 2 is 1.74 bits per heavy atom. The number of ether oxygens (including phenoxy) is 2. The van der Waals surface area contributed by atoms with E-state index in [-0.39, 0.29) is 48.2 Å². The number of benzene rings is 3. The number of nitrogens with zero attached hydrogens (tertiary/aromatic N) is 5. The lowest BCUT2D eigenvalue weighted by Crippen LogP contribution is -2.19. The molecule has 0 aliphatic rings. The number of carbonyl (C=O) groups excluding carboxylic acids is 3. The molecule has 6 N–H and O–H groups in total. The predicted molar refractivity (Wildman–Crippen MR) is 185 cm³/mol. The molecule has 0 fully saturated rings. The van der Waals surface area contributed by atoms with Gasteiger partial charge >= 0.3 is 0 Å². The highest BCUT2D eigenvalue weighted by atomic mass is 16.6. The fraction of sp³-hybridized carbons (Fsp3) is 0.206. The summed E-state index contributed by atoms with van der Waals surface area (Å²) in [6, 6.07) is 16.0. The average Bonchev–Trinajstić information content (AvgIpc) is 3.65. The normalized spacial score (nSPS) is 11.1. The first-order chi connectivity index (χ1) is 24.0. The van der Waals surface area contributed by atoms with Crippen molar-refractivity contribution in [3.05, 3.63) is 111 Å². The molecule has 0 radical (unpaired) electrons. The molecule has 16 heteroatoms. The number of anilines is 2. The largest absolute Gasteiger partial charge is 0.497 e. The number of aromatic nitrogens is 4. The van der Waals surface area contributed by atoms with Gasteiger partial charge in [0.25, 0.3) is 11.6 Å². The molecule has 0 spiro atoms. The third kappa shape index (κ3) is 7.70. The lowest BCUT2D eigenvalue weighted by atomic mass is 10.1. The van der Waals surface area contributed by atoms with Gasteiger partial charge in [0.2, 0.25) is 17.8 Å². The summed E-state index contributed by atoms with van der Waals surface area (Å²) in [5.74, 6) is -0.944. The van der Waals surface area contributed by atoms with Crippen LogP contribution < -0.4 is 31.6 Å². The van der Waals surface area contributed by atoms with E-state index in [0.717, 1.165) is 11.6 Å². The van der Waals surface area contributed by atoms with Crippen LogP contribution in [0.2, 0.25) is 0 Å². The van der Waals surface area contributed by atoms with Crippen LogP contribution >= 0.6 is 0 Å². The SMILES string of the molecule is CCn1nc(C)cc1C(=O)Nc1nc2cc(C(N)=O)ccc2n1C/C=C/CNc1c(OCc2ccc(OC)cc2)cc(C(N)=O)cc1[N+](=O)[O-]. The maximum absolute atomic E-state index is 13.3. The first-order valence-corrected chi connectivity index (χ1v) is 15.4. The van der Waals surface area contributed by atoms with E-state index < -0.39 is 28.3 Å². The number of hydrogen-bond acceptors (Lipinski definition) is 10. The molecule has 2 heterocycles. The van der Waals surface area contributed by atoms with E-state index >= 15 is 0 Å². The van der Waals surface area contributed by atoms with Crippen molar-refractivity contribution in [3.8, 4) is 11.5 Å². The Morgan fingerprint density at radius 1 is 1.00 bits per heavy atom. The summed E-state index contributed by atoms with van der Waals surface area (Å²) < 4.78 is 14.4. The molecule has 258 valence electrons. The fourth-order valence-electron chi connectivity index (χ4n) is 5.18. The Morgan fingerprint density at radius 3 is 2.40 bits per heavy atom. The van der Waals surface area contributed by atoms with Crippen molar-refractivity contribution in [3.63, 3.8) is 0 Å². The number of nitro groups is 1. The zero-order valence-corrected chi connectivity index (χ0v) is 27.5. The number of fused-ring (bicyclic) bond motifs is 1. The monoisotopic (exact) mass is 681 g/mol. The smallest absolute Gasteiger partial charge is 0.296 e. The molecule has 0 aliphatic carbocycles. The minimum Gasteiger partial charge on any atom is -0.497 e. The summed E-state index contributed by atoms with van der Waals surface area (Å²) in [4.78, 5) is 53.1. The molecule has 3 amide bonds. The highest BCUT2D eigenvalue weighted by Gasteiger charge is 2.23. The lowest BCUT2D eigenvalue weighted by molar-refractivity contribution is -0.384. The second kappa shape index (κ2) is 15.0. The molecule has 0 bridgehead atoms. The molecular formula is C34H35N9O7. The van der Waals surface area contributed by atoms with E-state index in [0.29, 0.717) is 34.7 Å². The molecule has 2 aromatic heterocycles. The Labute approximate surface area is 285 Å². The van der Waals surface area contributed by atoms with Gasteiger partial charge in [-0.15, -0.1) is 0 Å². The maximum Gasteiger partial charge on any atom is 0.296 e. The van der Waals surface area contributed by atoms with Gasteiger partial charge in [-0.05, 0) is 61.9 Å². The van der Waals surface area contributed by atoms with Crippen LogP contribution in [-0.2, 0) is 19.7 Å². The Balaban J connectivity index is 1.39. The zero-order chi connectivity index (χ0) is 35.9. The van der Waals surface area contributed by atoms with Crippen molar-refractivity contribution in [2.75, 3.05) is 24.3 Å². The molecule has 0 unspecified atom stereocenters. The second-order valence-corrected chi connectivity index (χ2v) is 11.0. The summed E-state index contributed by atoms with van der Waals surface area (Å²) in [5, 5.41) is 22.2. The number of hydrogen-bond donors (Lipinski definition) is 4. The summed E-state index contributed by atoms with van der Waals surface area (Å²) in [7, 11) is 1.55. The van der Waals surface area contributed by atoms with Crippen LogP contribution in [0.25, 0.3) is 11.0 Å². The van der Waals surface area contributed by atoms with Crippen molar-refractivity contribution in [2.24, 2.45) is 11.5 Å². The van der Waals surface area contributed by atoms with Crippen molar-refractivity contribution < 1.29 is 28.8 Å². The molecule has 5 aromatic rings. The molecule has 16 nitrogen and oxygen atoms in total. The number of carbonyl (C=O) groups is 3. The Hall–Kier alpha value is -6.71. The third-order valence-corrected chi connectivity index (χ3v) is 7.66. The average molecular weight is 682 g/mol. The quantitative estimate of drug-likeness (QED) is 0.0701. The van der Waals surface area contributed by atoms with Crippen LogP contribution in [0, 0.1) is 17.0 Å². The van der Waals surface area contributed by atoms with Gasteiger partial charge in [0.05, 0.1) is 28.8 Å². The van der Waals surface area contributed by atoms with Gasteiger partial charge in [-0.2, -0.15) is 5.10 Å². The molecule has 5 rings (SSSR count). The summed E-state index contributed by atoms with van der Waals surface area (Å²) in [5.41, 5.74) is 13.6.